The minimum Gasteiger partial charge on any atom is -0.494 e. The van der Waals surface area contributed by atoms with Crippen molar-refractivity contribution in [2.45, 2.75) is 45.8 Å². The van der Waals surface area contributed by atoms with E-state index in [0.717, 1.165) is 34.1 Å². The molecule has 0 unspecified atom stereocenters. The highest BCUT2D eigenvalue weighted by molar-refractivity contribution is 7.80. The number of aryl methyl sites for hydroxylation is 1. The predicted octanol–water partition coefficient (Wildman–Crippen LogP) is 5.68. The predicted molar refractivity (Wildman–Crippen MR) is 152 cm³/mol. The molecule has 0 bridgehead atoms. The number of hydrogen-bond acceptors (Lipinski definition) is 5. The Balaban J connectivity index is 1.60. The molecule has 2 atom stereocenters. The SMILES string of the molecule is CCC(=O)Nc1ccc(N2C(=S)N[C@H](c3ccccn3)[C@@H]2c2cc(C)n(Cc3ccco3)c2C)cc1OC. The molecular formula is C29H31N5O3S. The number of amides is 1. The van der Waals surface area contributed by atoms with Gasteiger partial charge in [0.25, 0.3) is 0 Å². The molecular weight excluding hydrogens is 498 g/mol. The molecule has 0 spiro atoms. The Morgan fingerprint density at radius 2 is 2.03 bits per heavy atom. The summed E-state index contributed by atoms with van der Waals surface area (Å²) in [5, 5.41) is 7.02. The van der Waals surface area contributed by atoms with E-state index in [-0.39, 0.29) is 18.0 Å². The van der Waals surface area contributed by atoms with Crippen LogP contribution >= 0.6 is 12.2 Å². The second-order valence-electron chi connectivity index (χ2n) is 9.27. The van der Waals surface area contributed by atoms with Crippen LogP contribution in [0.2, 0.25) is 0 Å². The number of hydrogen-bond donors (Lipinski definition) is 2. The lowest BCUT2D eigenvalue weighted by atomic mass is 9.96. The van der Waals surface area contributed by atoms with E-state index in [2.05, 4.69) is 45.0 Å². The largest absolute Gasteiger partial charge is 0.494 e. The maximum Gasteiger partial charge on any atom is 0.224 e. The number of thiocarbonyl (C=S) groups is 1. The molecule has 1 fully saturated rings. The molecule has 4 aromatic rings. The summed E-state index contributed by atoms with van der Waals surface area (Å²) in [4.78, 5) is 18.8. The first-order chi connectivity index (χ1) is 18.4. The smallest absolute Gasteiger partial charge is 0.224 e. The molecule has 0 radical (unpaired) electrons. The summed E-state index contributed by atoms with van der Waals surface area (Å²) in [5.74, 6) is 1.38. The van der Waals surface area contributed by atoms with Crippen LogP contribution in [0.4, 0.5) is 11.4 Å². The minimum absolute atomic E-state index is 0.0773. The van der Waals surface area contributed by atoms with Crippen LogP contribution in [0.25, 0.3) is 0 Å². The molecule has 1 aliphatic rings. The summed E-state index contributed by atoms with van der Waals surface area (Å²) in [6.45, 7) is 6.69. The van der Waals surface area contributed by atoms with Crippen molar-refractivity contribution in [3.05, 3.63) is 95.5 Å². The Labute approximate surface area is 227 Å². The Morgan fingerprint density at radius 3 is 2.71 bits per heavy atom. The fourth-order valence-corrected chi connectivity index (χ4v) is 5.40. The molecule has 3 aromatic heterocycles. The summed E-state index contributed by atoms with van der Waals surface area (Å²) in [6.07, 6.45) is 3.88. The summed E-state index contributed by atoms with van der Waals surface area (Å²) >= 11 is 5.91. The van der Waals surface area contributed by atoms with Crippen LogP contribution in [0.3, 0.4) is 0 Å². The zero-order valence-corrected chi connectivity index (χ0v) is 22.7. The van der Waals surface area contributed by atoms with Crippen LogP contribution in [0.5, 0.6) is 5.75 Å². The summed E-state index contributed by atoms with van der Waals surface area (Å²) in [6, 6.07) is 17.4. The van der Waals surface area contributed by atoms with Gasteiger partial charge in [-0.1, -0.05) is 13.0 Å². The average Bonchev–Trinajstić information content (AvgIpc) is 3.64. The average molecular weight is 530 g/mol. The van der Waals surface area contributed by atoms with E-state index in [1.165, 1.54) is 0 Å². The number of nitrogens with one attached hydrogen (secondary N) is 2. The number of carbonyl (C=O) groups excluding carboxylic acids is 1. The molecule has 2 N–H and O–H groups in total. The van der Waals surface area contributed by atoms with Crippen molar-refractivity contribution in [2.24, 2.45) is 0 Å². The maximum absolute atomic E-state index is 12.0. The number of carbonyl (C=O) groups is 1. The number of nitrogens with zero attached hydrogens (tertiary/aromatic N) is 3. The van der Waals surface area contributed by atoms with E-state index in [9.17, 15) is 4.79 Å². The summed E-state index contributed by atoms with van der Waals surface area (Å²) < 4.78 is 13.5. The first-order valence-electron chi connectivity index (χ1n) is 12.6. The van der Waals surface area contributed by atoms with Crippen LogP contribution in [0.1, 0.15) is 53.8 Å². The monoisotopic (exact) mass is 529 g/mol. The first kappa shape index (κ1) is 25.5. The number of methoxy groups -OCH3 is 1. The van der Waals surface area contributed by atoms with E-state index in [1.807, 2.05) is 55.5 Å². The Kier molecular flexibility index (Phi) is 7.20. The molecule has 1 saturated heterocycles. The van der Waals surface area contributed by atoms with Gasteiger partial charge >= 0.3 is 0 Å². The van der Waals surface area contributed by atoms with Crippen molar-refractivity contribution < 1.29 is 13.9 Å². The highest BCUT2D eigenvalue weighted by Crippen LogP contribution is 2.44. The lowest BCUT2D eigenvalue weighted by molar-refractivity contribution is -0.115. The van der Waals surface area contributed by atoms with E-state index in [0.29, 0.717) is 29.5 Å². The van der Waals surface area contributed by atoms with Crippen LogP contribution < -0.4 is 20.3 Å². The Bertz CT molecular complexity index is 1450. The van der Waals surface area contributed by atoms with E-state index < -0.39 is 0 Å². The molecule has 0 aliphatic carbocycles. The van der Waals surface area contributed by atoms with Gasteiger partial charge in [-0.3, -0.25) is 9.78 Å². The number of rotatable bonds is 8. The Hall–Kier alpha value is -4.11. The number of aromatic nitrogens is 2. The third-order valence-electron chi connectivity index (χ3n) is 6.98. The second kappa shape index (κ2) is 10.7. The van der Waals surface area contributed by atoms with Crippen molar-refractivity contribution >= 4 is 34.6 Å². The normalized spacial score (nSPS) is 16.9. The number of furan rings is 1. The molecule has 5 rings (SSSR count). The van der Waals surface area contributed by atoms with Crippen LogP contribution in [-0.4, -0.2) is 27.7 Å². The Morgan fingerprint density at radius 1 is 1.18 bits per heavy atom. The van der Waals surface area contributed by atoms with Gasteiger partial charge in [0.2, 0.25) is 5.91 Å². The second-order valence-corrected chi connectivity index (χ2v) is 9.66. The zero-order valence-electron chi connectivity index (χ0n) is 21.9. The topological polar surface area (TPSA) is 84.6 Å². The minimum atomic E-state index is -0.174. The third kappa shape index (κ3) is 4.77. The molecule has 196 valence electrons. The molecule has 1 aliphatic heterocycles. The fourth-order valence-electron chi connectivity index (χ4n) is 5.05. The van der Waals surface area contributed by atoms with Gasteiger partial charge in [-0.15, -0.1) is 0 Å². The zero-order chi connectivity index (χ0) is 26.8. The summed E-state index contributed by atoms with van der Waals surface area (Å²) in [5.41, 5.74) is 5.77. The van der Waals surface area contributed by atoms with Gasteiger partial charge in [-0.2, -0.15) is 0 Å². The van der Waals surface area contributed by atoms with Crippen molar-refractivity contribution in [1.29, 1.82) is 0 Å². The molecule has 0 saturated carbocycles. The number of benzene rings is 1. The van der Waals surface area contributed by atoms with Gasteiger partial charge in [0.1, 0.15) is 11.5 Å². The molecule has 4 heterocycles. The number of ether oxygens (including phenoxy) is 1. The third-order valence-corrected chi connectivity index (χ3v) is 7.30. The number of pyridine rings is 1. The quantitative estimate of drug-likeness (QED) is 0.284. The van der Waals surface area contributed by atoms with Crippen molar-refractivity contribution in [3.63, 3.8) is 0 Å². The lowest BCUT2D eigenvalue weighted by Gasteiger charge is -2.29. The van der Waals surface area contributed by atoms with E-state index >= 15 is 0 Å². The standard InChI is InChI=1S/C29H31N5O3S/c1-5-26(35)31-23-12-11-20(16-25(23)36-4)34-28(27(32-29(34)38)24-10-6-7-13-30-24)22-15-18(2)33(19(22)3)17-21-9-8-14-37-21/h6-16,27-28H,5,17H2,1-4H3,(H,31,35)(H,32,38)/t27-,28+/m1/s1. The van der Waals surface area contributed by atoms with Crippen molar-refractivity contribution in [1.82, 2.24) is 14.9 Å². The molecule has 1 amide bonds. The van der Waals surface area contributed by atoms with Crippen molar-refractivity contribution in [3.8, 4) is 5.75 Å². The van der Waals surface area contributed by atoms with Crippen LogP contribution in [0.15, 0.2) is 71.5 Å². The molecule has 1 aromatic carbocycles. The van der Waals surface area contributed by atoms with Crippen molar-refractivity contribution in [2.75, 3.05) is 17.3 Å². The van der Waals surface area contributed by atoms with Gasteiger partial charge < -0.3 is 29.3 Å². The first-order valence-corrected chi connectivity index (χ1v) is 13.0. The van der Waals surface area contributed by atoms with Gasteiger partial charge in [0, 0.05) is 35.8 Å². The van der Waals surface area contributed by atoms with Gasteiger partial charge in [0.15, 0.2) is 5.11 Å². The van der Waals surface area contributed by atoms with Gasteiger partial charge in [-0.05, 0) is 74.1 Å². The lowest BCUT2D eigenvalue weighted by Crippen LogP contribution is -2.29. The molecule has 38 heavy (non-hydrogen) atoms. The fraction of sp³-hybridized carbons (Fsp3) is 0.276. The highest BCUT2D eigenvalue weighted by Gasteiger charge is 2.42. The molecule has 8 nitrogen and oxygen atoms in total. The highest BCUT2D eigenvalue weighted by atomic mass is 32.1. The van der Waals surface area contributed by atoms with Gasteiger partial charge in [-0.25, -0.2) is 0 Å². The van der Waals surface area contributed by atoms with E-state index in [4.69, 9.17) is 21.4 Å². The summed E-state index contributed by atoms with van der Waals surface area (Å²) in [7, 11) is 1.59. The van der Waals surface area contributed by atoms with Gasteiger partial charge in [0.05, 0.1) is 43.4 Å². The van der Waals surface area contributed by atoms with E-state index in [1.54, 1.807) is 19.6 Å². The van der Waals surface area contributed by atoms with Crippen LogP contribution in [0, 0.1) is 13.8 Å². The van der Waals surface area contributed by atoms with Crippen LogP contribution in [-0.2, 0) is 11.3 Å². The molecule has 9 heteroatoms. The maximum atomic E-state index is 12.0. The number of anilines is 2.